The lowest BCUT2D eigenvalue weighted by atomic mass is 10.2. The fourth-order valence-electron chi connectivity index (χ4n) is 2.65. The van der Waals surface area contributed by atoms with E-state index >= 15 is 0 Å². The molecule has 0 unspecified atom stereocenters. The number of nitrogens with one attached hydrogen (secondary N) is 2. The summed E-state index contributed by atoms with van der Waals surface area (Å²) in [4.78, 5) is 14.5. The lowest BCUT2D eigenvalue weighted by Gasteiger charge is -2.26. The minimum absolute atomic E-state index is 0.0939. The molecule has 0 bridgehead atoms. The average Bonchev–Trinajstić information content (AvgIpc) is 2.65. The van der Waals surface area contributed by atoms with Crippen LogP contribution in [0.25, 0.3) is 0 Å². The second kappa shape index (κ2) is 8.47. The molecule has 0 saturated carbocycles. The Morgan fingerprint density at radius 3 is 2.33 bits per heavy atom. The van der Waals surface area contributed by atoms with Gasteiger partial charge in [-0.15, -0.1) is 0 Å². The van der Waals surface area contributed by atoms with E-state index in [0.29, 0.717) is 5.56 Å². The van der Waals surface area contributed by atoms with Crippen LogP contribution in [-0.4, -0.2) is 50.2 Å². The van der Waals surface area contributed by atoms with Crippen molar-refractivity contribution in [2.45, 2.75) is 0 Å². The summed E-state index contributed by atoms with van der Waals surface area (Å²) in [5.74, 6) is -0.0939. The molecule has 1 fully saturated rings. The smallest absolute Gasteiger partial charge is 0.255 e. The van der Waals surface area contributed by atoms with Gasteiger partial charge in [0.2, 0.25) is 0 Å². The maximum Gasteiger partial charge on any atom is 0.255 e. The van der Waals surface area contributed by atoms with E-state index in [-0.39, 0.29) is 5.91 Å². The summed E-state index contributed by atoms with van der Waals surface area (Å²) >= 11 is 0. The van der Waals surface area contributed by atoms with Crippen molar-refractivity contribution in [3.63, 3.8) is 0 Å². The van der Waals surface area contributed by atoms with Gasteiger partial charge in [-0.25, -0.2) is 0 Å². The molecular formula is C19H23N3O2. The highest BCUT2D eigenvalue weighted by Crippen LogP contribution is 2.14. The highest BCUT2D eigenvalue weighted by atomic mass is 16.5. The first-order valence-electron chi connectivity index (χ1n) is 8.32. The number of anilines is 2. The van der Waals surface area contributed by atoms with Gasteiger partial charge in [0.05, 0.1) is 13.2 Å². The fourth-order valence-corrected chi connectivity index (χ4v) is 2.65. The first kappa shape index (κ1) is 16.5. The molecule has 1 saturated heterocycles. The first-order valence-corrected chi connectivity index (χ1v) is 8.32. The molecule has 5 heteroatoms. The van der Waals surface area contributed by atoms with Gasteiger partial charge in [0.1, 0.15) is 0 Å². The topological polar surface area (TPSA) is 53.6 Å². The van der Waals surface area contributed by atoms with Crippen molar-refractivity contribution in [1.82, 2.24) is 4.90 Å². The van der Waals surface area contributed by atoms with Gasteiger partial charge in [-0.3, -0.25) is 9.69 Å². The third-order valence-corrected chi connectivity index (χ3v) is 4.04. The molecule has 2 N–H and O–H groups in total. The minimum Gasteiger partial charge on any atom is -0.384 e. The Kier molecular flexibility index (Phi) is 5.82. The summed E-state index contributed by atoms with van der Waals surface area (Å²) in [6.07, 6.45) is 0. The monoisotopic (exact) mass is 325 g/mol. The molecule has 0 aliphatic carbocycles. The SMILES string of the molecule is O=C(Nc1ccc(NCCN2CCOCC2)cc1)c1ccccc1. The number of hydrogen-bond donors (Lipinski definition) is 2. The third kappa shape index (κ3) is 4.81. The molecule has 0 spiro atoms. The number of carbonyl (C=O) groups excluding carboxylic acids is 1. The lowest BCUT2D eigenvalue weighted by molar-refractivity contribution is 0.0398. The average molecular weight is 325 g/mol. The molecule has 0 aromatic heterocycles. The maximum atomic E-state index is 12.1. The summed E-state index contributed by atoms with van der Waals surface area (Å²) in [7, 11) is 0. The van der Waals surface area contributed by atoms with E-state index in [2.05, 4.69) is 15.5 Å². The van der Waals surface area contributed by atoms with Gasteiger partial charge in [-0.1, -0.05) is 18.2 Å². The van der Waals surface area contributed by atoms with Crippen molar-refractivity contribution < 1.29 is 9.53 Å². The highest BCUT2D eigenvalue weighted by molar-refractivity contribution is 6.04. The number of rotatable bonds is 6. The Hall–Kier alpha value is -2.37. The van der Waals surface area contributed by atoms with Crippen LogP contribution in [0.3, 0.4) is 0 Å². The van der Waals surface area contributed by atoms with Crippen molar-refractivity contribution in [3.8, 4) is 0 Å². The predicted octanol–water partition coefficient (Wildman–Crippen LogP) is 2.68. The molecule has 5 nitrogen and oxygen atoms in total. The van der Waals surface area contributed by atoms with Crippen molar-refractivity contribution in [2.24, 2.45) is 0 Å². The second-order valence-corrected chi connectivity index (χ2v) is 5.78. The Balaban J connectivity index is 1.45. The lowest BCUT2D eigenvalue weighted by Crippen LogP contribution is -2.38. The number of carbonyl (C=O) groups is 1. The Morgan fingerprint density at radius 1 is 0.958 bits per heavy atom. The van der Waals surface area contributed by atoms with Crippen molar-refractivity contribution in [1.29, 1.82) is 0 Å². The highest BCUT2D eigenvalue weighted by Gasteiger charge is 2.09. The quantitative estimate of drug-likeness (QED) is 0.857. The zero-order valence-electron chi connectivity index (χ0n) is 13.7. The molecule has 126 valence electrons. The van der Waals surface area contributed by atoms with Gasteiger partial charge in [-0.05, 0) is 36.4 Å². The van der Waals surface area contributed by atoms with Crippen LogP contribution >= 0.6 is 0 Å². The van der Waals surface area contributed by atoms with Gasteiger partial charge in [0.15, 0.2) is 0 Å². The van der Waals surface area contributed by atoms with E-state index in [1.807, 2.05) is 42.5 Å². The molecule has 1 aliphatic heterocycles. The summed E-state index contributed by atoms with van der Waals surface area (Å²) in [5.41, 5.74) is 2.51. The molecule has 2 aromatic carbocycles. The summed E-state index contributed by atoms with van der Waals surface area (Å²) in [6, 6.07) is 17.0. The molecular weight excluding hydrogens is 302 g/mol. The summed E-state index contributed by atoms with van der Waals surface area (Å²) in [6.45, 7) is 5.58. The molecule has 1 aliphatic rings. The zero-order chi connectivity index (χ0) is 16.6. The van der Waals surface area contributed by atoms with E-state index in [1.54, 1.807) is 12.1 Å². The predicted molar refractivity (Wildman–Crippen MR) is 96.6 cm³/mol. The van der Waals surface area contributed by atoms with Gasteiger partial charge in [-0.2, -0.15) is 0 Å². The molecule has 0 radical (unpaired) electrons. The molecule has 24 heavy (non-hydrogen) atoms. The van der Waals surface area contributed by atoms with Crippen LogP contribution in [0.1, 0.15) is 10.4 Å². The third-order valence-electron chi connectivity index (χ3n) is 4.04. The van der Waals surface area contributed by atoms with Gasteiger partial charge in [0, 0.05) is 43.1 Å². The van der Waals surface area contributed by atoms with Crippen LogP contribution < -0.4 is 10.6 Å². The van der Waals surface area contributed by atoms with Crippen molar-refractivity contribution in [2.75, 3.05) is 50.0 Å². The van der Waals surface area contributed by atoms with Crippen LogP contribution in [0.4, 0.5) is 11.4 Å². The number of amides is 1. The van der Waals surface area contributed by atoms with Crippen LogP contribution in [0.15, 0.2) is 54.6 Å². The molecule has 1 heterocycles. The Morgan fingerprint density at radius 2 is 1.62 bits per heavy atom. The number of nitrogens with zero attached hydrogens (tertiary/aromatic N) is 1. The van der Waals surface area contributed by atoms with Gasteiger partial charge in [0.25, 0.3) is 5.91 Å². The summed E-state index contributed by atoms with van der Waals surface area (Å²) in [5, 5.41) is 6.31. The Labute approximate surface area is 142 Å². The van der Waals surface area contributed by atoms with Crippen molar-refractivity contribution >= 4 is 17.3 Å². The van der Waals surface area contributed by atoms with E-state index < -0.39 is 0 Å². The minimum atomic E-state index is -0.0939. The molecule has 3 rings (SSSR count). The fraction of sp³-hybridized carbons (Fsp3) is 0.316. The second-order valence-electron chi connectivity index (χ2n) is 5.78. The van der Waals surface area contributed by atoms with E-state index in [0.717, 1.165) is 50.8 Å². The zero-order valence-corrected chi connectivity index (χ0v) is 13.7. The first-order chi connectivity index (χ1) is 11.8. The number of hydrogen-bond acceptors (Lipinski definition) is 4. The molecule has 0 atom stereocenters. The van der Waals surface area contributed by atoms with E-state index in [1.165, 1.54) is 0 Å². The molecule has 2 aromatic rings. The van der Waals surface area contributed by atoms with Crippen LogP contribution in [-0.2, 0) is 4.74 Å². The Bertz CT molecular complexity index is 637. The molecule has 1 amide bonds. The van der Waals surface area contributed by atoms with Crippen molar-refractivity contribution in [3.05, 3.63) is 60.2 Å². The standard InChI is InChI=1S/C19H23N3O2/c23-19(16-4-2-1-3-5-16)21-18-8-6-17(7-9-18)20-10-11-22-12-14-24-15-13-22/h1-9,20H,10-15H2,(H,21,23). The normalized spacial score (nSPS) is 15.0. The van der Waals surface area contributed by atoms with Crippen LogP contribution in [0.2, 0.25) is 0 Å². The number of benzene rings is 2. The number of ether oxygens (including phenoxy) is 1. The van der Waals surface area contributed by atoms with Crippen LogP contribution in [0, 0.1) is 0 Å². The number of morpholine rings is 1. The van der Waals surface area contributed by atoms with Crippen LogP contribution in [0.5, 0.6) is 0 Å². The maximum absolute atomic E-state index is 12.1. The van der Waals surface area contributed by atoms with Gasteiger partial charge < -0.3 is 15.4 Å². The summed E-state index contributed by atoms with van der Waals surface area (Å²) < 4.78 is 5.34. The van der Waals surface area contributed by atoms with Gasteiger partial charge >= 0.3 is 0 Å². The largest absolute Gasteiger partial charge is 0.384 e. The van der Waals surface area contributed by atoms with E-state index in [4.69, 9.17) is 4.74 Å². The van der Waals surface area contributed by atoms with E-state index in [9.17, 15) is 4.79 Å².